The minimum absolute atomic E-state index is 0.234. The standard InChI is InChI=1S/C15H25NO2/c1-12(2)15(3,17)11-16(4)10-13-8-6-7-9-14(13)18-5/h6-9,12,17H,10-11H2,1-5H3. The fourth-order valence-electron chi connectivity index (χ4n) is 1.91. The van der Waals surface area contributed by atoms with E-state index in [4.69, 9.17) is 4.74 Å². The summed E-state index contributed by atoms with van der Waals surface area (Å²) in [6, 6.07) is 7.99. The van der Waals surface area contributed by atoms with Gasteiger partial charge >= 0.3 is 0 Å². The molecular formula is C15H25NO2. The summed E-state index contributed by atoms with van der Waals surface area (Å²) in [4.78, 5) is 2.12. The average Bonchev–Trinajstić information content (AvgIpc) is 2.28. The topological polar surface area (TPSA) is 32.7 Å². The molecule has 0 aliphatic rings. The molecule has 3 heteroatoms. The van der Waals surface area contributed by atoms with Crippen molar-refractivity contribution in [1.29, 1.82) is 0 Å². The molecule has 0 saturated carbocycles. The molecule has 3 nitrogen and oxygen atoms in total. The van der Waals surface area contributed by atoms with E-state index < -0.39 is 5.60 Å². The lowest BCUT2D eigenvalue weighted by molar-refractivity contribution is -0.0147. The van der Waals surface area contributed by atoms with E-state index in [0.29, 0.717) is 6.54 Å². The fourth-order valence-corrected chi connectivity index (χ4v) is 1.91. The molecule has 0 saturated heterocycles. The zero-order chi connectivity index (χ0) is 13.8. The van der Waals surface area contributed by atoms with E-state index in [1.807, 2.05) is 46.0 Å². The molecule has 1 aromatic carbocycles. The Morgan fingerprint density at radius 3 is 2.50 bits per heavy atom. The molecule has 1 rings (SSSR count). The predicted molar refractivity (Wildman–Crippen MR) is 74.8 cm³/mol. The molecule has 0 heterocycles. The van der Waals surface area contributed by atoms with Gasteiger partial charge in [-0.1, -0.05) is 32.0 Å². The van der Waals surface area contributed by atoms with E-state index in [0.717, 1.165) is 17.9 Å². The normalized spacial score (nSPS) is 14.9. The Morgan fingerprint density at radius 2 is 1.94 bits per heavy atom. The highest BCUT2D eigenvalue weighted by molar-refractivity contribution is 5.33. The molecule has 1 unspecified atom stereocenters. The zero-order valence-electron chi connectivity index (χ0n) is 12.1. The molecule has 0 amide bonds. The second-order valence-corrected chi connectivity index (χ2v) is 5.50. The van der Waals surface area contributed by atoms with Crippen LogP contribution in [0.3, 0.4) is 0 Å². The number of likely N-dealkylation sites (N-methyl/N-ethyl adjacent to an activating group) is 1. The molecule has 18 heavy (non-hydrogen) atoms. The first kappa shape index (κ1) is 15.0. The van der Waals surface area contributed by atoms with Gasteiger partial charge in [-0.2, -0.15) is 0 Å². The van der Waals surface area contributed by atoms with Crippen LogP contribution in [-0.4, -0.2) is 36.3 Å². The Labute approximate surface area is 110 Å². The first-order valence-corrected chi connectivity index (χ1v) is 6.39. The largest absolute Gasteiger partial charge is 0.496 e. The van der Waals surface area contributed by atoms with Gasteiger partial charge in [-0.3, -0.25) is 4.90 Å². The minimum atomic E-state index is -0.670. The van der Waals surface area contributed by atoms with Gasteiger partial charge in [-0.15, -0.1) is 0 Å². The maximum Gasteiger partial charge on any atom is 0.123 e. The van der Waals surface area contributed by atoms with Gasteiger partial charge in [0.15, 0.2) is 0 Å². The Balaban J connectivity index is 2.67. The van der Waals surface area contributed by atoms with Crippen LogP contribution in [0.2, 0.25) is 0 Å². The minimum Gasteiger partial charge on any atom is -0.496 e. The van der Waals surface area contributed by atoms with Gasteiger partial charge in [0.25, 0.3) is 0 Å². The third-order valence-electron chi connectivity index (χ3n) is 3.47. The summed E-state index contributed by atoms with van der Waals surface area (Å²) in [7, 11) is 3.70. The maximum absolute atomic E-state index is 10.3. The van der Waals surface area contributed by atoms with Gasteiger partial charge in [-0.25, -0.2) is 0 Å². The fraction of sp³-hybridized carbons (Fsp3) is 0.600. The van der Waals surface area contributed by atoms with Crippen LogP contribution >= 0.6 is 0 Å². The predicted octanol–water partition coefficient (Wildman–Crippen LogP) is 2.53. The SMILES string of the molecule is COc1ccccc1CN(C)CC(C)(O)C(C)C. The lowest BCUT2D eigenvalue weighted by Crippen LogP contribution is -2.42. The molecule has 1 N–H and O–H groups in total. The van der Waals surface area contributed by atoms with Gasteiger partial charge in [0.05, 0.1) is 12.7 Å². The van der Waals surface area contributed by atoms with Crippen molar-refractivity contribution in [2.24, 2.45) is 5.92 Å². The summed E-state index contributed by atoms with van der Waals surface area (Å²) in [5.74, 6) is 1.13. The number of rotatable bonds is 6. The summed E-state index contributed by atoms with van der Waals surface area (Å²) >= 11 is 0. The van der Waals surface area contributed by atoms with Crippen LogP contribution in [0.4, 0.5) is 0 Å². The molecule has 0 aliphatic heterocycles. The van der Waals surface area contributed by atoms with Crippen LogP contribution in [0.5, 0.6) is 5.75 Å². The smallest absolute Gasteiger partial charge is 0.123 e. The molecule has 1 atom stereocenters. The van der Waals surface area contributed by atoms with E-state index >= 15 is 0 Å². The molecule has 0 bridgehead atoms. The number of aliphatic hydroxyl groups is 1. The third kappa shape index (κ3) is 4.00. The molecule has 0 aliphatic carbocycles. The van der Waals surface area contributed by atoms with Crippen molar-refractivity contribution in [3.63, 3.8) is 0 Å². The highest BCUT2D eigenvalue weighted by atomic mass is 16.5. The highest BCUT2D eigenvalue weighted by Crippen LogP contribution is 2.21. The van der Waals surface area contributed by atoms with Crippen LogP contribution in [0.25, 0.3) is 0 Å². The molecule has 0 spiro atoms. The van der Waals surface area contributed by atoms with Crippen molar-refractivity contribution in [3.8, 4) is 5.75 Å². The quantitative estimate of drug-likeness (QED) is 0.843. The van der Waals surface area contributed by atoms with Crippen molar-refractivity contribution in [2.45, 2.75) is 32.9 Å². The Hall–Kier alpha value is -1.06. The Bertz CT molecular complexity index is 375. The third-order valence-corrected chi connectivity index (χ3v) is 3.47. The molecule has 0 radical (unpaired) electrons. The van der Waals surface area contributed by atoms with Crippen LogP contribution in [0.15, 0.2) is 24.3 Å². The van der Waals surface area contributed by atoms with Gasteiger partial charge in [0.2, 0.25) is 0 Å². The van der Waals surface area contributed by atoms with Gasteiger partial charge in [0, 0.05) is 18.7 Å². The summed E-state index contributed by atoms with van der Waals surface area (Å²) in [5, 5.41) is 10.3. The molecular weight excluding hydrogens is 226 g/mol. The van der Waals surface area contributed by atoms with Gasteiger partial charge < -0.3 is 9.84 Å². The number of benzene rings is 1. The molecule has 0 fully saturated rings. The van der Waals surface area contributed by atoms with Crippen LogP contribution in [0.1, 0.15) is 26.3 Å². The Morgan fingerprint density at radius 1 is 1.33 bits per heavy atom. The lowest BCUT2D eigenvalue weighted by Gasteiger charge is -2.32. The second-order valence-electron chi connectivity index (χ2n) is 5.50. The van der Waals surface area contributed by atoms with Crippen molar-refractivity contribution in [3.05, 3.63) is 29.8 Å². The van der Waals surface area contributed by atoms with Crippen molar-refractivity contribution < 1.29 is 9.84 Å². The first-order chi connectivity index (χ1) is 8.36. The van der Waals surface area contributed by atoms with Gasteiger partial charge in [-0.05, 0) is 26.0 Å². The summed E-state index contributed by atoms with van der Waals surface area (Å²) in [5.41, 5.74) is 0.471. The Kier molecular flexibility index (Phi) is 5.17. The van der Waals surface area contributed by atoms with Gasteiger partial charge in [0.1, 0.15) is 5.75 Å². The second kappa shape index (κ2) is 6.21. The zero-order valence-corrected chi connectivity index (χ0v) is 12.1. The summed E-state index contributed by atoms with van der Waals surface area (Å²) in [6.45, 7) is 7.37. The molecule has 102 valence electrons. The number of ether oxygens (including phenoxy) is 1. The van der Waals surface area contributed by atoms with E-state index in [9.17, 15) is 5.11 Å². The monoisotopic (exact) mass is 251 g/mol. The van der Waals surface area contributed by atoms with Crippen molar-refractivity contribution in [1.82, 2.24) is 4.90 Å². The average molecular weight is 251 g/mol. The summed E-state index contributed by atoms with van der Waals surface area (Å²) < 4.78 is 5.33. The lowest BCUT2D eigenvalue weighted by atomic mass is 9.92. The van der Waals surface area contributed by atoms with E-state index in [2.05, 4.69) is 11.0 Å². The van der Waals surface area contributed by atoms with E-state index in [1.165, 1.54) is 0 Å². The highest BCUT2D eigenvalue weighted by Gasteiger charge is 2.26. The van der Waals surface area contributed by atoms with E-state index in [-0.39, 0.29) is 5.92 Å². The number of methoxy groups -OCH3 is 1. The summed E-state index contributed by atoms with van der Waals surface area (Å²) in [6.07, 6.45) is 0. The van der Waals surface area contributed by atoms with Crippen molar-refractivity contribution in [2.75, 3.05) is 20.7 Å². The molecule has 1 aromatic rings. The van der Waals surface area contributed by atoms with Crippen LogP contribution in [-0.2, 0) is 6.54 Å². The van der Waals surface area contributed by atoms with Crippen LogP contribution in [0, 0.1) is 5.92 Å². The first-order valence-electron chi connectivity index (χ1n) is 6.39. The maximum atomic E-state index is 10.3. The number of hydrogen-bond donors (Lipinski definition) is 1. The van der Waals surface area contributed by atoms with E-state index in [1.54, 1.807) is 7.11 Å². The van der Waals surface area contributed by atoms with Crippen LogP contribution < -0.4 is 4.74 Å². The number of hydrogen-bond acceptors (Lipinski definition) is 3. The number of para-hydroxylation sites is 1. The van der Waals surface area contributed by atoms with Crippen molar-refractivity contribution >= 4 is 0 Å². The molecule has 0 aromatic heterocycles. The number of nitrogens with zero attached hydrogens (tertiary/aromatic N) is 1.